The van der Waals surface area contributed by atoms with E-state index >= 15 is 0 Å². The molecule has 0 aromatic heterocycles. The molecule has 210 valence electrons. The van der Waals surface area contributed by atoms with Gasteiger partial charge in [0, 0.05) is 44.6 Å². The Bertz CT molecular complexity index is 1480. The standard InChI is InChI=1S/C34H40N2O4/c1-33(2)16-17-34(3,4)31-27(33)19-24(29(37)15-11-22-10-14-26(32(39)40)30(38)18-22)20-28(31)36(7)21-23-8-12-25(13-9-23)35(5)6/h8-10,12-14,18-20,29,37-38H,16-17,21H2,1-7H3,(H,39,40). The molecule has 1 unspecified atom stereocenters. The monoisotopic (exact) mass is 540 g/mol. The molecule has 6 nitrogen and oxygen atoms in total. The zero-order valence-electron chi connectivity index (χ0n) is 24.5. The van der Waals surface area contributed by atoms with Crippen molar-refractivity contribution < 1.29 is 20.1 Å². The Morgan fingerprint density at radius 3 is 2.20 bits per heavy atom. The molecule has 0 spiro atoms. The maximum Gasteiger partial charge on any atom is 0.339 e. The highest BCUT2D eigenvalue weighted by Crippen LogP contribution is 2.50. The summed E-state index contributed by atoms with van der Waals surface area (Å²) in [6, 6.07) is 16.9. The lowest BCUT2D eigenvalue weighted by Crippen LogP contribution is -2.36. The van der Waals surface area contributed by atoms with Gasteiger partial charge in [0.1, 0.15) is 17.4 Å². The molecule has 0 heterocycles. The van der Waals surface area contributed by atoms with Crippen LogP contribution in [0.25, 0.3) is 0 Å². The summed E-state index contributed by atoms with van der Waals surface area (Å²) in [7, 11) is 6.16. The van der Waals surface area contributed by atoms with Gasteiger partial charge in [0.05, 0.1) is 0 Å². The van der Waals surface area contributed by atoms with Crippen LogP contribution in [-0.2, 0) is 17.4 Å². The van der Waals surface area contributed by atoms with E-state index in [0.717, 1.165) is 30.8 Å². The highest BCUT2D eigenvalue weighted by molar-refractivity contribution is 5.90. The second kappa shape index (κ2) is 10.9. The second-order valence-corrected chi connectivity index (χ2v) is 12.4. The number of carboxylic acids is 1. The van der Waals surface area contributed by atoms with Gasteiger partial charge in [-0.1, -0.05) is 57.7 Å². The maximum absolute atomic E-state index is 11.2. The van der Waals surface area contributed by atoms with Crippen molar-refractivity contribution in [2.24, 2.45) is 0 Å². The van der Waals surface area contributed by atoms with Crippen LogP contribution in [0, 0.1) is 11.8 Å². The number of aliphatic hydroxyl groups excluding tert-OH is 1. The number of hydrogen-bond donors (Lipinski definition) is 3. The molecule has 4 rings (SSSR count). The predicted octanol–water partition coefficient (Wildman–Crippen LogP) is 6.23. The zero-order chi connectivity index (χ0) is 29.4. The number of aromatic carboxylic acids is 1. The minimum Gasteiger partial charge on any atom is -0.507 e. The van der Waals surface area contributed by atoms with Crippen molar-refractivity contribution in [1.82, 2.24) is 0 Å². The van der Waals surface area contributed by atoms with Gasteiger partial charge in [-0.3, -0.25) is 0 Å². The number of hydrogen-bond acceptors (Lipinski definition) is 5. The third kappa shape index (κ3) is 5.95. The van der Waals surface area contributed by atoms with Crippen molar-refractivity contribution in [1.29, 1.82) is 0 Å². The first-order valence-corrected chi connectivity index (χ1v) is 13.6. The van der Waals surface area contributed by atoms with Crippen molar-refractivity contribution >= 4 is 17.3 Å². The van der Waals surface area contributed by atoms with Crippen LogP contribution < -0.4 is 9.80 Å². The van der Waals surface area contributed by atoms with Gasteiger partial charge in [0.25, 0.3) is 0 Å². The number of carbonyl (C=O) groups is 1. The first-order valence-electron chi connectivity index (χ1n) is 13.6. The van der Waals surface area contributed by atoms with Crippen LogP contribution >= 0.6 is 0 Å². The minimum absolute atomic E-state index is 0.0260. The number of fused-ring (bicyclic) bond motifs is 1. The topological polar surface area (TPSA) is 84.2 Å². The van der Waals surface area contributed by atoms with E-state index in [-0.39, 0.29) is 22.1 Å². The van der Waals surface area contributed by atoms with E-state index in [0.29, 0.717) is 11.1 Å². The average molecular weight is 541 g/mol. The Morgan fingerprint density at radius 2 is 1.60 bits per heavy atom. The molecule has 1 atom stereocenters. The van der Waals surface area contributed by atoms with Crippen molar-refractivity contribution in [2.75, 3.05) is 30.9 Å². The largest absolute Gasteiger partial charge is 0.507 e. The predicted molar refractivity (Wildman–Crippen MR) is 162 cm³/mol. The maximum atomic E-state index is 11.2. The fraction of sp³-hybridized carbons (Fsp3) is 0.382. The number of anilines is 2. The van der Waals surface area contributed by atoms with Crippen LogP contribution in [-0.4, -0.2) is 42.4 Å². The van der Waals surface area contributed by atoms with Gasteiger partial charge in [-0.05, 0) is 82.3 Å². The molecule has 3 aromatic rings. The molecule has 6 heteroatoms. The highest BCUT2D eigenvalue weighted by atomic mass is 16.4. The fourth-order valence-corrected chi connectivity index (χ4v) is 5.52. The second-order valence-electron chi connectivity index (χ2n) is 12.4. The molecule has 0 radical (unpaired) electrons. The van der Waals surface area contributed by atoms with Crippen LogP contribution in [0.4, 0.5) is 11.4 Å². The van der Waals surface area contributed by atoms with Gasteiger partial charge in [0.2, 0.25) is 0 Å². The van der Waals surface area contributed by atoms with Gasteiger partial charge in [-0.15, -0.1) is 0 Å². The van der Waals surface area contributed by atoms with E-state index in [2.05, 4.69) is 92.8 Å². The number of carboxylic acid groups (broad SMARTS) is 1. The lowest BCUT2D eigenvalue weighted by molar-refractivity contribution is 0.0693. The van der Waals surface area contributed by atoms with E-state index in [1.54, 1.807) is 0 Å². The Hall–Kier alpha value is -3.95. The number of rotatable bonds is 6. The van der Waals surface area contributed by atoms with E-state index < -0.39 is 12.1 Å². The summed E-state index contributed by atoms with van der Waals surface area (Å²) in [6.07, 6.45) is 1.06. The molecule has 0 bridgehead atoms. The molecular weight excluding hydrogens is 500 g/mol. The van der Waals surface area contributed by atoms with E-state index in [4.69, 9.17) is 5.11 Å². The van der Waals surface area contributed by atoms with Crippen LogP contribution in [0.15, 0.2) is 54.6 Å². The summed E-state index contributed by atoms with van der Waals surface area (Å²) in [6.45, 7) is 9.84. The molecule has 1 aliphatic rings. The first-order chi connectivity index (χ1) is 18.7. The molecule has 3 aromatic carbocycles. The van der Waals surface area contributed by atoms with Gasteiger partial charge in [-0.25, -0.2) is 4.79 Å². The zero-order valence-corrected chi connectivity index (χ0v) is 24.5. The fourth-order valence-electron chi connectivity index (χ4n) is 5.52. The smallest absolute Gasteiger partial charge is 0.339 e. The molecule has 0 amide bonds. The van der Waals surface area contributed by atoms with Crippen molar-refractivity contribution in [2.45, 2.75) is 64.0 Å². The number of aromatic hydroxyl groups is 1. The molecule has 0 saturated heterocycles. The van der Waals surface area contributed by atoms with Crippen LogP contribution in [0.1, 0.15) is 84.8 Å². The van der Waals surface area contributed by atoms with E-state index in [1.165, 1.54) is 34.9 Å². The van der Waals surface area contributed by atoms with Gasteiger partial charge in [0.15, 0.2) is 0 Å². The summed E-state index contributed by atoms with van der Waals surface area (Å²) in [4.78, 5) is 15.6. The summed E-state index contributed by atoms with van der Waals surface area (Å²) in [5, 5.41) is 30.4. The SMILES string of the molecule is CN(C)c1ccc(CN(C)c2cc(C(O)C#Cc3ccc(C(=O)O)c(O)c3)cc3c2C(C)(C)CCC3(C)C)cc1. The van der Waals surface area contributed by atoms with Crippen LogP contribution in [0.3, 0.4) is 0 Å². The quantitative estimate of drug-likeness (QED) is 0.322. The molecule has 1 aliphatic carbocycles. The molecular formula is C34H40N2O4. The number of nitrogens with zero attached hydrogens (tertiary/aromatic N) is 2. The number of phenols is 1. The summed E-state index contributed by atoms with van der Waals surface area (Å²) in [5.41, 5.74) is 6.86. The molecule has 0 fully saturated rings. The Morgan fingerprint density at radius 1 is 0.950 bits per heavy atom. The molecule has 0 saturated carbocycles. The van der Waals surface area contributed by atoms with Crippen LogP contribution in [0.5, 0.6) is 5.75 Å². The third-order valence-electron chi connectivity index (χ3n) is 8.10. The third-order valence-corrected chi connectivity index (χ3v) is 8.10. The summed E-state index contributed by atoms with van der Waals surface area (Å²) in [5.74, 6) is 4.24. The number of benzene rings is 3. The Kier molecular flexibility index (Phi) is 7.92. The van der Waals surface area contributed by atoms with Crippen LogP contribution in [0.2, 0.25) is 0 Å². The summed E-state index contributed by atoms with van der Waals surface area (Å²) < 4.78 is 0. The van der Waals surface area contributed by atoms with Crippen molar-refractivity contribution in [3.63, 3.8) is 0 Å². The van der Waals surface area contributed by atoms with E-state index in [9.17, 15) is 15.0 Å². The van der Waals surface area contributed by atoms with E-state index in [1.807, 2.05) is 14.1 Å². The Labute approximate surface area is 237 Å². The van der Waals surface area contributed by atoms with Gasteiger partial charge in [-0.2, -0.15) is 0 Å². The first kappa shape index (κ1) is 29.0. The Balaban J connectivity index is 1.75. The number of aliphatic hydroxyl groups is 1. The lowest BCUT2D eigenvalue weighted by Gasteiger charge is -2.44. The average Bonchev–Trinajstić information content (AvgIpc) is 2.89. The molecule has 40 heavy (non-hydrogen) atoms. The lowest BCUT2D eigenvalue weighted by atomic mass is 9.62. The summed E-state index contributed by atoms with van der Waals surface area (Å²) >= 11 is 0. The van der Waals surface area contributed by atoms with Gasteiger partial charge >= 0.3 is 5.97 Å². The highest BCUT2D eigenvalue weighted by Gasteiger charge is 2.40. The molecule has 0 aliphatic heterocycles. The normalized spacial score (nSPS) is 15.8. The van der Waals surface area contributed by atoms with Crippen molar-refractivity contribution in [3.8, 4) is 17.6 Å². The molecule has 3 N–H and O–H groups in total. The van der Waals surface area contributed by atoms with Gasteiger partial charge < -0.3 is 25.1 Å². The van der Waals surface area contributed by atoms with Crippen molar-refractivity contribution in [3.05, 3.63) is 88.0 Å². The minimum atomic E-state index is -1.21.